The van der Waals surface area contributed by atoms with Crippen LogP contribution in [0.15, 0.2) is 24.5 Å². The van der Waals surface area contributed by atoms with Crippen LogP contribution in [0.2, 0.25) is 0 Å². The van der Waals surface area contributed by atoms with Gasteiger partial charge in [0.15, 0.2) is 0 Å². The van der Waals surface area contributed by atoms with E-state index in [1.165, 1.54) is 18.4 Å². The van der Waals surface area contributed by atoms with Gasteiger partial charge < -0.3 is 10.0 Å². The fourth-order valence-electron chi connectivity index (χ4n) is 3.04. The number of piperidine rings is 1. The van der Waals surface area contributed by atoms with Crippen LogP contribution < -0.4 is 0 Å². The molecule has 2 atom stereocenters. The molecule has 0 radical (unpaired) electrons. The SMILES string of the molecule is CC(CC(=O)O)C1CCCN(CCc2ccncc2)C1. The molecule has 2 heterocycles. The molecule has 4 nitrogen and oxygen atoms in total. The van der Waals surface area contributed by atoms with Crippen molar-refractivity contribution in [1.82, 2.24) is 9.88 Å². The first-order chi connectivity index (χ1) is 9.65. The van der Waals surface area contributed by atoms with Crippen molar-refractivity contribution < 1.29 is 9.90 Å². The van der Waals surface area contributed by atoms with Gasteiger partial charge >= 0.3 is 5.97 Å². The van der Waals surface area contributed by atoms with Crippen molar-refractivity contribution in [2.24, 2.45) is 11.8 Å². The minimum atomic E-state index is -0.675. The summed E-state index contributed by atoms with van der Waals surface area (Å²) in [6.07, 6.45) is 7.36. The van der Waals surface area contributed by atoms with E-state index in [0.29, 0.717) is 12.3 Å². The number of aliphatic carboxylic acids is 1. The summed E-state index contributed by atoms with van der Waals surface area (Å²) in [6, 6.07) is 4.13. The minimum Gasteiger partial charge on any atom is -0.481 e. The molecule has 1 fully saturated rings. The lowest BCUT2D eigenvalue weighted by Gasteiger charge is -2.35. The third kappa shape index (κ3) is 4.60. The largest absolute Gasteiger partial charge is 0.481 e. The Morgan fingerprint density at radius 3 is 2.95 bits per heavy atom. The molecule has 1 aromatic rings. The molecule has 2 unspecified atom stereocenters. The number of carbonyl (C=O) groups is 1. The molecule has 0 amide bonds. The van der Waals surface area contributed by atoms with Crippen LogP contribution in [0.25, 0.3) is 0 Å². The van der Waals surface area contributed by atoms with Gasteiger partial charge in [0.1, 0.15) is 0 Å². The zero-order valence-electron chi connectivity index (χ0n) is 12.2. The van der Waals surface area contributed by atoms with Gasteiger partial charge in [-0.2, -0.15) is 0 Å². The van der Waals surface area contributed by atoms with Crippen LogP contribution in [0.4, 0.5) is 0 Å². The van der Waals surface area contributed by atoms with Crippen LogP contribution in [-0.2, 0) is 11.2 Å². The average Bonchev–Trinajstić information content (AvgIpc) is 2.46. The van der Waals surface area contributed by atoms with Crippen LogP contribution in [0, 0.1) is 11.8 Å². The second kappa shape index (κ2) is 7.39. The number of nitrogens with zero attached hydrogens (tertiary/aromatic N) is 2. The lowest BCUT2D eigenvalue weighted by molar-refractivity contribution is -0.138. The Kier molecular flexibility index (Phi) is 5.53. The zero-order chi connectivity index (χ0) is 14.4. The van der Waals surface area contributed by atoms with Crippen LogP contribution in [0.3, 0.4) is 0 Å². The lowest BCUT2D eigenvalue weighted by atomic mass is 9.84. The van der Waals surface area contributed by atoms with E-state index < -0.39 is 5.97 Å². The van der Waals surface area contributed by atoms with Crippen molar-refractivity contribution in [2.75, 3.05) is 19.6 Å². The fraction of sp³-hybridized carbons (Fsp3) is 0.625. The van der Waals surface area contributed by atoms with Crippen molar-refractivity contribution in [3.63, 3.8) is 0 Å². The molecule has 1 saturated heterocycles. The highest BCUT2D eigenvalue weighted by atomic mass is 16.4. The van der Waals surface area contributed by atoms with Gasteiger partial charge in [0.05, 0.1) is 0 Å². The van der Waals surface area contributed by atoms with Crippen molar-refractivity contribution in [3.05, 3.63) is 30.1 Å². The molecule has 1 aliphatic rings. The van der Waals surface area contributed by atoms with Gasteiger partial charge in [0.2, 0.25) is 0 Å². The molecular formula is C16H24N2O2. The molecule has 110 valence electrons. The molecule has 0 saturated carbocycles. The molecule has 1 aliphatic heterocycles. The maximum atomic E-state index is 10.8. The topological polar surface area (TPSA) is 53.4 Å². The van der Waals surface area contributed by atoms with Gasteiger partial charge in [0, 0.05) is 31.9 Å². The Labute approximate surface area is 120 Å². The highest BCUT2D eigenvalue weighted by Gasteiger charge is 2.25. The quantitative estimate of drug-likeness (QED) is 0.867. The summed E-state index contributed by atoms with van der Waals surface area (Å²) < 4.78 is 0. The molecule has 4 heteroatoms. The van der Waals surface area contributed by atoms with Crippen molar-refractivity contribution in [2.45, 2.75) is 32.6 Å². The third-order valence-electron chi connectivity index (χ3n) is 4.31. The van der Waals surface area contributed by atoms with Crippen LogP contribution in [-0.4, -0.2) is 40.6 Å². The smallest absolute Gasteiger partial charge is 0.303 e. The minimum absolute atomic E-state index is 0.274. The van der Waals surface area contributed by atoms with Gasteiger partial charge in [-0.05, 0) is 55.3 Å². The van der Waals surface area contributed by atoms with E-state index >= 15 is 0 Å². The summed E-state index contributed by atoms with van der Waals surface area (Å²) in [6.45, 7) is 5.31. The van der Waals surface area contributed by atoms with Crippen molar-refractivity contribution >= 4 is 5.97 Å². The summed E-state index contributed by atoms with van der Waals surface area (Å²) >= 11 is 0. The normalized spacial score (nSPS) is 21.6. The van der Waals surface area contributed by atoms with E-state index in [-0.39, 0.29) is 5.92 Å². The molecule has 2 rings (SSSR count). The Bertz CT molecular complexity index is 422. The Balaban J connectivity index is 1.80. The number of rotatable bonds is 6. The Hall–Kier alpha value is -1.42. The summed E-state index contributed by atoms with van der Waals surface area (Å²) in [5, 5.41) is 8.91. The first kappa shape index (κ1) is 15.0. The summed E-state index contributed by atoms with van der Waals surface area (Å²) in [5.74, 6) is 0.125. The standard InChI is InChI=1S/C16H24N2O2/c1-13(11-16(19)20)15-3-2-9-18(12-15)10-6-14-4-7-17-8-5-14/h4-5,7-8,13,15H,2-3,6,9-12H2,1H3,(H,19,20). The number of carboxylic acid groups (broad SMARTS) is 1. The van der Waals surface area contributed by atoms with E-state index in [9.17, 15) is 4.79 Å². The number of hydrogen-bond acceptors (Lipinski definition) is 3. The highest BCUT2D eigenvalue weighted by Crippen LogP contribution is 2.26. The monoisotopic (exact) mass is 276 g/mol. The number of carboxylic acids is 1. The number of hydrogen-bond donors (Lipinski definition) is 1. The summed E-state index contributed by atoms with van der Waals surface area (Å²) in [4.78, 5) is 17.3. The molecule has 20 heavy (non-hydrogen) atoms. The molecule has 1 aromatic heterocycles. The van der Waals surface area contributed by atoms with Crippen LogP contribution >= 0.6 is 0 Å². The second-order valence-electron chi connectivity index (χ2n) is 5.88. The molecule has 0 bridgehead atoms. The molecular weight excluding hydrogens is 252 g/mol. The summed E-state index contributed by atoms with van der Waals surface area (Å²) in [5.41, 5.74) is 1.32. The number of likely N-dealkylation sites (tertiary alicyclic amines) is 1. The van der Waals surface area contributed by atoms with Gasteiger partial charge in [-0.25, -0.2) is 0 Å². The van der Waals surface area contributed by atoms with Crippen LogP contribution in [0.5, 0.6) is 0 Å². The third-order valence-corrected chi connectivity index (χ3v) is 4.31. The van der Waals surface area contributed by atoms with Gasteiger partial charge in [-0.3, -0.25) is 9.78 Å². The van der Waals surface area contributed by atoms with E-state index in [1.54, 1.807) is 0 Å². The average molecular weight is 276 g/mol. The Morgan fingerprint density at radius 2 is 2.25 bits per heavy atom. The van der Waals surface area contributed by atoms with Crippen LogP contribution in [0.1, 0.15) is 31.7 Å². The predicted octanol–water partition coefficient (Wildman–Crippen LogP) is 2.45. The van der Waals surface area contributed by atoms with E-state index in [2.05, 4.69) is 28.9 Å². The lowest BCUT2D eigenvalue weighted by Crippen LogP contribution is -2.39. The molecule has 1 N–H and O–H groups in total. The van der Waals surface area contributed by atoms with Gasteiger partial charge in [-0.1, -0.05) is 6.92 Å². The van der Waals surface area contributed by atoms with Gasteiger partial charge in [0.25, 0.3) is 0 Å². The summed E-state index contributed by atoms with van der Waals surface area (Å²) in [7, 11) is 0. The highest BCUT2D eigenvalue weighted by molar-refractivity contribution is 5.67. The Morgan fingerprint density at radius 1 is 1.50 bits per heavy atom. The second-order valence-corrected chi connectivity index (χ2v) is 5.88. The molecule has 0 aromatic carbocycles. The van der Waals surface area contributed by atoms with Crippen molar-refractivity contribution in [3.8, 4) is 0 Å². The number of aromatic nitrogens is 1. The molecule has 0 spiro atoms. The first-order valence-corrected chi connectivity index (χ1v) is 7.48. The van der Waals surface area contributed by atoms with E-state index in [4.69, 9.17) is 5.11 Å². The maximum absolute atomic E-state index is 10.8. The number of pyridine rings is 1. The first-order valence-electron chi connectivity index (χ1n) is 7.48. The van der Waals surface area contributed by atoms with E-state index in [0.717, 1.165) is 26.1 Å². The van der Waals surface area contributed by atoms with E-state index in [1.807, 2.05) is 12.4 Å². The van der Waals surface area contributed by atoms with Crippen molar-refractivity contribution in [1.29, 1.82) is 0 Å². The predicted molar refractivity (Wildman–Crippen MR) is 78.5 cm³/mol. The fourth-order valence-corrected chi connectivity index (χ4v) is 3.04. The molecule has 0 aliphatic carbocycles. The maximum Gasteiger partial charge on any atom is 0.303 e. The van der Waals surface area contributed by atoms with Gasteiger partial charge in [-0.15, -0.1) is 0 Å². The zero-order valence-corrected chi connectivity index (χ0v) is 12.2.